The number of carbonyl (C=O) groups is 1. The number of H-pyrrole nitrogens is 1. The van der Waals surface area contributed by atoms with Crippen LogP contribution in [0, 0.1) is 5.92 Å². The Kier molecular flexibility index (Phi) is 3.57. The van der Waals surface area contributed by atoms with Crippen LogP contribution in [0.3, 0.4) is 0 Å². The molecule has 0 aromatic carbocycles. The van der Waals surface area contributed by atoms with Crippen LogP contribution in [-0.2, 0) is 4.79 Å². The molecule has 1 saturated heterocycles. The van der Waals surface area contributed by atoms with E-state index in [9.17, 15) is 4.79 Å². The van der Waals surface area contributed by atoms with Crippen LogP contribution in [0.15, 0.2) is 6.20 Å². The molecule has 112 valence electrons. The fourth-order valence-electron chi connectivity index (χ4n) is 2.71. The van der Waals surface area contributed by atoms with Crippen molar-refractivity contribution in [2.24, 2.45) is 11.8 Å². The second-order valence-electron chi connectivity index (χ2n) is 5.05. The van der Waals surface area contributed by atoms with E-state index in [0.717, 1.165) is 30.6 Å². The van der Waals surface area contributed by atoms with Crippen LogP contribution in [0.4, 0.5) is 11.8 Å². The van der Waals surface area contributed by atoms with E-state index in [1.54, 1.807) is 13.2 Å². The van der Waals surface area contributed by atoms with Gasteiger partial charge >= 0.3 is 0 Å². The Morgan fingerprint density at radius 2 is 2.38 bits per heavy atom. The number of hydrogen-bond donors (Lipinski definition) is 4. The van der Waals surface area contributed by atoms with Crippen molar-refractivity contribution in [2.75, 3.05) is 30.5 Å². The first-order valence-electron chi connectivity index (χ1n) is 6.87. The van der Waals surface area contributed by atoms with Gasteiger partial charge in [-0.25, -0.2) is 5.84 Å². The van der Waals surface area contributed by atoms with Gasteiger partial charge in [0.15, 0.2) is 5.65 Å². The van der Waals surface area contributed by atoms with E-state index in [2.05, 4.69) is 35.8 Å². The van der Waals surface area contributed by atoms with Crippen LogP contribution in [0.25, 0.3) is 11.0 Å². The molecule has 0 spiro atoms. The van der Waals surface area contributed by atoms with E-state index in [-0.39, 0.29) is 11.8 Å². The summed E-state index contributed by atoms with van der Waals surface area (Å²) in [4.78, 5) is 22.6. The monoisotopic (exact) mass is 290 g/mol. The number of nitrogens with zero attached hydrogens (tertiary/aromatic N) is 4. The van der Waals surface area contributed by atoms with Crippen molar-refractivity contribution in [2.45, 2.75) is 12.8 Å². The van der Waals surface area contributed by atoms with Gasteiger partial charge in [-0.15, -0.1) is 0 Å². The van der Waals surface area contributed by atoms with Crippen LogP contribution in [-0.4, -0.2) is 46.2 Å². The zero-order valence-corrected chi connectivity index (χ0v) is 11.8. The summed E-state index contributed by atoms with van der Waals surface area (Å²) in [5.74, 6) is 6.51. The number of carbonyl (C=O) groups excluding carboxylic acids is 1. The van der Waals surface area contributed by atoms with Gasteiger partial charge in [-0.2, -0.15) is 15.1 Å². The van der Waals surface area contributed by atoms with Crippen molar-refractivity contribution in [3.63, 3.8) is 0 Å². The molecule has 9 nitrogen and oxygen atoms in total. The van der Waals surface area contributed by atoms with Crippen LogP contribution >= 0.6 is 0 Å². The fraction of sp³-hybridized carbons (Fsp3) is 0.500. The van der Waals surface area contributed by atoms with Gasteiger partial charge < -0.3 is 10.2 Å². The number of fused-ring (bicyclic) bond motifs is 1. The Morgan fingerprint density at radius 1 is 1.52 bits per heavy atom. The number of piperidine rings is 1. The molecule has 2 aromatic rings. The average Bonchev–Trinajstić information content (AvgIpc) is 3.01. The number of anilines is 2. The zero-order valence-electron chi connectivity index (χ0n) is 11.8. The molecule has 9 heteroatoms. The summed E-state index contributed by atoms with van der Waals surface area (Å²) < 4.78 is 0. The average molecular weight is 290 g/mol. The number of aromatic amines is 1. The summed E-state index contributed by atoms with van der Waals surface area (Å²) in [5.41, 5.74) is 3.08. The number of hydrazine groups is 1. The Labute approximate surface area is 121 Å². The molecule has 1 aliphatic heterocycles. The maximum atomic E-state index is 11.9. The molecule has 3 rings (SSSR count). The molecular formula is C12H18N8O. The standard InChI is InChI=1S/C12H18N8O/c1-14-11(21)7-3-2-4-20(6-7)10-8-5-15-19-9(8)16-12(17-10)18-13/h5,7H,2-4,6,13H2,1H3,(H,14,21)(H2,15,16,17,18,19). The zero-order chi connectivity index (χ0) is 14.8. The predicted molar refractivity (Wildman–Crippen MR) is 78.5 cm³/mol. The molecule has 5 N–H and O–H groups in total. The normalized spacial score (nSPS) is 18.8. The third-order valence-corrected chi connectivity index (χ3v) is 3.76. The van der Waals surface area contributed by atoms with Crippen LogP contribution < -0.4 is 21.5 Å². The number of nitrogens with two attached hydrogens (primary N) is 1. The summed E-state index contributed by atoms with van der Waals surface area (Å²) in [5, 5.41) is 10.4. The summed E-state index contributed by atoms with van der Waals surface area (Å²) in [6.07, 6.45) is 3.51. The summed E-state index contributed by atoms with van der Waals surface area (Å²) in [6.45, 7) is 1.47. The van der Waals surface area contributed by atoms with E-state index in [1.807, 2.05) is 0 Å². The van der Waals surface area contributed by atoms with Crippen molar-refractivity contribution in [1.29, 1.82) is 0 Å². The molecule has 2 aromatic heterocycles. The number of nitrogens with one attached hydrogen (secondary N) is 3. The molecule has 0 radical (unpaired) electrons. The van der Waals surface area contributed by atoms with Gasteiger partial charge in [0.1, 0.15) is 5.82 Å². The number of rotatable bonds is 3. The maximum Gasteiger partial charge on any atom is 0.241 e. The highest BCUT2D eigenvalue weighted by atomic mass is 16.1. The first-order chi connectivity index (χ1) is 10.2. The van der Waals surface area contributed by atoms with Gasteiger partial charge in [-0.05, 0) is 12.8 Å². The van der Waals surface area contributed by atoms with Gasteiger partial charge in [0.2, 0.25) is 11.9 Å². The molecule has 0 saturated carbocycles. The van der Waals surface area contributed by atoms with E-state index in [0.29, 0.717) is 18.1 Å². The van der Waals surface area contributed by atoms with Gasteiger partial charge in [-0.3, -0.25) is 15.3 Å². The quantitative estimate of drug-likeness (QED) is 0.448. The summed E-state index contributed by atoms with van der Waals surface area (Å²) in [7, 11) is 1.66. The number of nitrogen functional groups attached to an aromatic ring is 1. The lowest BCUT2D eigenvalue weighted by Crippen LogP contribution is -2.42. The third-order valence-electron chi connectivity index (χ3n) is 3.76. The third kappa shape index (κ3) is 2.47. The number of hydrogen-bond acceptors (Lipinski definition) is 7. The van der Waals surface area contributed by atoms with Gasteiger partial charge in [0.25, 0.3) is 0 Å². The Morgan fingerprint density at radius 3 is 3.14 bits per heavy atom. The first-order valence-corrected chi connectivity index (χ1v) is 6.87. The highest BCUT2D eigenvalue weighted by Crippen LogP contribution is 2.28. The minimum atomic E-state index is -0.0325. The van der Waals surface area contributed by atoms with Crippen LogP contribution in [0.5, 0.6) is 0 Å². The molecule has 0 bridgehead atoms. The molecule has 0 aliphatic carbocycles. The molecule has 1 unspecified atom stereocenters. The van der Waals surface area contributed by atoms with Crippen molar-refractivity contribution in [3.8, 4) is 0 Å². The summed E-state index contributed by atoms with van der Waals surface area (Å²) in [6, 6.07) is 0. The van der Waals surface area contributed by atoms with Gasteiger partial charge in [-0.1, -0.05) is 0 Å². The molecule has 1 atom stereocenters. The minimum Gasteiger partial charge on any atom is -0.359 e. The molecule has 1 aliphatic rings. The lowest BCUT2D eigenvalue weighted by molar-refractivity contribution is -0.124. The van der Waals surface area contributed by atoms with Crippen LogP contribution in [0.1, 0.15) is 12.8 Å². The maximum absolute atomic E-state index is 11.9. The van der Waals surface area contributed by atoms with Crippen molar-refractivity contribution in [1.82, 2.24) is 25.5 Å². The summed E-state index contributed by atoms with van der Waals surface area (Å²) >= 11 is 0. The van der Waals surface area contributed by atoms with E-state index >= 15 is 0 Å². The highest BCUT2D eigenvalue weighted by molar-refractivity contribution is 5.88. The largest absolute Gasteiger partial charge is 0.359 e. The Bertz CT molecular complexity index is 654. The van der Waals surface area contributed by atoms with E-state index in [4.69, 9.17) is 5.84 Å². The lowest BCUT2D eigenvalue weighted by Gasteiger charge is -2.32. The van der Waals surface area contributed by atoms with E-state index < -0.39 is 0 Å². The predicted octanol–water partition coefficient (Wildman–Crippen LogP) is -0.399. The Hall–Kier alpha value is -2.42. The van der Waals surface area contributed by atoms with Crippen molar-refractivity contribution >= 4 is 28.7 Å². The molecular weight excluding hydrogens is 272 g/mol. The topological polar surface area (TPSA) is 125 Å². The SMILES string of the molecule is CNC(=O)C1CCCN(c2nc(NN)nc3[nH]ncc23)C1. The molecule has 1 amide bonds. The number of amides is 1. The van der Waals surface area contributed by atoms with Crippen LogP contribution in [0.2, 0.25) is 0 Å². The van der Waals surface area contributed by atoms with Crippen molar-refractivity contribution in [3.05, 3.63) is 6.20 Å². The van der Waals surface area contributed by atoms with Gasteiger partial charge in [0.05, 0.1) is 17.5 Å². The minimum absolute atomic E-state index is 0.0325. The lowest BCUT2D eigenvalue weighted by atomic mass is 9.97. The molecule has 1 fully saturated rings. The smallest absolute Gasteiger partial charge is 0.241 e. The second kappa shape index (κ2) is 5.52. The first kappa shape index (κ1) is 13.6. The fourth-order valence-corrected chi connectivity index (χ4v) is 2.71. The highest BCUT2D eigenvalue weighted by Gasteiger charge is 2.27. The second-order valence-corrected chi connectivity index (χ2v) is 5.05. The van der Waals surface area contributed by atoms with Gasteiger partial charge in [0, 0.05) is 20.1 Å². The molecule has 21 heavy (non-hydrogen) atoms. The van der Waals surface area contributed by atoms with E-state index in [1.165, 1.54) is 0 Å². The van der Waals surface area contributed by atoms with Crippen molar-refractivity contribution < 1.29 is 4.79 Å². The number of aromatic nitrogens is 4. The molecule has 3 heterocycles. The Balaban J connectivity index is 1.95.